The standard InChI is InChI=1S/C12H17N3S2/c1-3-12-14-7-11(17-12)6-13-5-4-10-8-16-9(2)15-10/h7-8,13H,3-6H2,1-2H3. The van der Waals surface area contributed by atoms with Gasteiger partial charge in [-0.3, -0.25) is 0 Å². The minimum atomic E-state index is 0.917. The summed E-state index contributed by atoms with van der Waals surface area (Å²) in [5.41, 5.74) is 1.19. The van der Waals surface area contributed by atoms with Gasteiger partial charge in [0.05, 0.1) is 15.7 Å². The van der Waals surface area contributed by atoms with Gasteiger partial charge in [0, 0.05) is 36.0 Å². The number of nitrogens with one attached hydrogen (secondary N) is 1. The lowest BCUT2D eigenvalue weighted by molar-refractivity contribution is 0.686. The predicted molar refractivity (Wildman–Crippen MR) is 73.8 cm³/mol. The summed E-state index contributed by atoms with van der Waals surface area (Å²) in [6.07, 6.45) is 4.01. The molecule has 0 saturated heterocycles. The molecule has 0 radical (unpaired) electrons. The van der Waals surface area contributed by atoms with Gasteiger partial charge in [-0.05, 0) is 13.3 Å². The average molecular weight is 267 g/mol. The van der Waals surface area contributed by atoms with E-state index in [1.54, 1.807) is 22.7 Å². The van der Waals surface area contributed by atoms with Crippen LogP contribution in [0.5, 0.6) is 0 Å². The first-order chi connectivity index (χ1) is 8.28. The zero-order valence-electron chi connectivity index (χ0n) is 10.2. The fraction of sp³-hybridized carbons (Fsp3) is 0.500. The molecule has 5 heteroatoms. The highest BCUT2D eigenvalue weighted by Gasteiger charge is 2.01. The number of nitrogens with zero attached hydrogens (tertiary/aromatic N) is 2. The third-order valence-corrected chi connectivity index (χ3v) is 4.39. The van der Waals surface area contributed by atoms with Gasteiger partial charge in [-0.25, -0.2) is 9.97 Å². The van der Waals surface area contributed by atoms with Gasteiger partial charge in [0.25, 0.3) is 0 Å². The molecule has 17 heavy (non-hydrogen) atoms. The quantitative estimate of drug-likeness (QED) is 0.818. The average Bonchev–Trinajstić information content (AvgIpc) is 2.93. The van der Waals surface area contributed by atoms with Crippen LogP contribution < -0.4 is 5.32 Å². The smallest absolute Gasteiger partial charge is 0.0925 e. The minimum absolute atomic E-state index is 0.917. The highest BCUT2D eigenvalue weighted by molar-refractivity contribution is 7.11. The molecule has 0 bridgehead atoms. The molecular weight excluding hydrogens is 250 g/mol. The van der Waals surface area contributed by atoms with E-state index in [9.17, 15) is 0 Å². The molecular formula is C12H17N3S2. The zero-order valence-corrected chi connectivity index (χ0v) is 11.8. The van der Waals surface area contributed by atoms with E-state index >= 15 is 0 Å². The summed E-state index contributed by atoms with van der Waals surface area (Å²) in [5, 5.41) is 7.94. The molecule has 0 aliphatic carbocycles. The zero-order chi connectivity index (χ0) is 12.1. The van der Waals surface area contributed by atoms with E-state index in [0.29, 0.717) is 0 Å². The van der Waals surface area contributed by atoms with E-state index in [-0.39, 0.29) is 0 Å². The first kappa shape index (κ1) is 12.7. The third kappa shape index (κ3) is 3.87. The summed E-state index contributed by atoms with van der Waals surface area (Å²) < 4.78 is 0. The summed E-state index contributed by atoms with van der Waals surface area (Å²) in [7, 11) is 0. The van der Waals surface area contributed by atoms with Crippen molar-refractivity contribution in [2.24, 2.45) is 0 Å². The first-order valence-electron chi connectivity index (χ1n) is 5.83. The van der Waals surface area contributed by atoms with Crippen molar-refractivity contribution in [2.45, 2.75) is 33.2 Å². The van der Waals surface area contributed by atoms with Gasteiger partial charge in [0.2, 0.25) is 0 Å². The molecule has 2 heterocycles. The molecule has 0 saturated carbocycles. The monoisotopic (exact) mass is 267 g/mol. The molecule has 2 aromatic heterocycles. The summed E-state index contributed by atoms with van der Waals surface area (Å²) in [6.45, 7) is 6.08. The second-order valence-corrected chi connectivity index (χ2v) is 6.12. The fourth-order valence-corrected chi connectivity index (χ4v) is 3.02. The molecule has 92 valence electrons. The minimum Gasteiger partial charge on any atom is -0.311 e. The SMILES string of the molecule is CCc1ncc(CNCCc2csc(C)n2)s1. The maximum absolute atomic E-state index is 4.44. The van der Waals surface area contributed by atoms with Gasteiger partial charge < -0.3 is 5.32 Å². The molecule has 0 unspecified atom stereocenters. The lowest BCUT2D eigenvalue weighted by Gasteiger charge is -2.00. The Hall–Kier alpha value is -0.780. The van der Waals surface area contributed by atoms with Gasteiger partial charge >= 0.3 is 0 Å². The Bertz CT molecular complexity index is 462. The van der Waals surface area contributed by atoms with E-state index in [0.717, 1.165) is 30.9 Å². The molecule has 0 amide bonds. The second-order valence-electron chi connectivity index (χ2n) is 3.86. The Morgan fingerprint density at radius 2 is 2.29 bits per heavy atom. The number of aryl methyl sites for hydroxylation is 2. The van der Waals surface area contributed by atoms with Crippen LogP contribution in [0, 0.1) is 6.92 Å². The van der Waals surface area contributed by atoms with Crippen LogP contribution in [0.2, 0.25) is 0 Å². The summed E-state index contributed by atoms with van der Waals surface area (Å²) in [6, 6.07) is 0. The first-order valence-corrected chi connectivity index (χ1v) is 7.53. The van der Waals surface area contributed by atoms with Gasteiger partial charge in [-0.15, -0.1) is 22.7 Å². The van der Waals surface area contributed by atoms with Crippen molar-refractivity contribution in [3.8, 4) is 0 Å². The van der Waals surface area contributed by atoms with Crippen LogP contribution in [0.4, 0.5) is 0 Å². The number of aromatic nitrogens is 2. The Kier molecular flexibility index (Phi) is 4.65. The van der Waals surface area contributed by atoms with E-state index < -0.39 is 0 Å². The van der Waals surface area contributed by atoms with Crippen LogP contribution in [-0.4, -0.2) is 16.5 Å². The van der Waals surface area contributed by atoms with Gasteiger partial charge in [0.1, 0.15) is 0 Å². The van der Waals surface area contributed by atoms with Crippen molar-refractivity contribution < 1.29 is 0 Å². The molecule has 0 aromatic carbocycles. The van der Waals surface area contributed by atoms with E-state index in [2.05, 4.69) is 27.6 Å². The van der Waals surface area contributed by atoms with Crippen LogP contribution in [0.25, 0.3) is 0 Å². The third-order valence-electron chi connectivity index (χ3n) is 2.43. The Labute approximate surface area is 110 Å². The molecule has 0 fully saturated rings. The fourth-order valence-electron chi connectivity index (χ4n) is 1.54. The van der Waals surface area contributed by atoms with Crippen molar-refractivity contribution >= 4 is 22.7 Å². The number of hydrogen-bond donors (Lipinski definition) is 1. The van der Waals surface area contributed by atoms with E-state index in [1.807, 2.05) is 13.1 Å². The molecule has 3 nitrogen and oxygen atoms in total. The number of thiazole rings is 2. The second kappa shape index (κ2) is 6.23. The van der Waals surface area contributed by atoms with Crippen molar-refractivity contribution in [3.63, 3.8) is 0 Å². The summed E-state index contributed by atoms with van der Waals surface area (Å²) in [4.78, 5) is 10.1. The molecule has 0 aliphatic heterocycles. The highest BCUT2D eigenvalue weighted by Crippen LogP contribution is 2.13. The summed E-state index contributed by atoms with van der Waals surface area (Å²) >= 11 is 3.51. The Balaban J connectivity index is 1.69. The summed E-state index contributed by atoms with van der Waals surface area (Å²) in [5.74, 6) is 0. The van der Waals surface area contributed by atoms with Gasteiger partial charge in [-0.1, -0.05) is 6.92 Å². The Morgan fingerprint density at radius 1 is 1.41 bits per heavy atom. The maximum Gasteiger partial charge on any atom is 0.0925 e. The maximum atomic E-state index is 4.44. The number of rotatable bonds is 6. The van der Waals surface area contributed by atoms with Crippen molar-refractivity contribution in [1.82, 2.24) is 15.3 Å². The van der Waals surface area contributed by atoms with Crippen LogP contribution in [0.3, 0.4) is 0 Å². The molecule has 0 spiro atoms. The molecule has 2 rings (SSSR count). The van der Waals surface area contributed by atoms with Crippen LogP contribution in [0.1, 0.15) is 27.5 Å². The van der Waals surface area contributed by atoms with Crippen molar-refractivity contribution in [3.05, 3.63) is 32.2 Å². The molecule has 0 aliphatic rings. The molecule has 2 aromatic rings. The lowest BCUT2D eigenvalue weighted by atomic mass is 10.3. The largest absolute Gasteiger partial charge is 0.311 e. The van der Waals surface area contributed by atoms with E-state index in [4.69, 9.17) is 0 Å². The normalized spacial score (nSPS) is 10.9. The predicted octanol–water partition coefficient (Wildman–Crippen LogP) is 2.80. The highest BCUT2D eigenvalue weighted by atomic mass is 32.1. The van der Waals surface area contributed by atoms with Crippen molar-refractivity contribution in [2.75, 3.05) is 6.54 Å². The van der Waals surface area contributed by atoms with E-state index in [1.165, 1.54) is 15.6 Å². The molecule has 1 N–H and O–H groups in total. The topological polar surface area (TPSA) is 37.8 Å². The molecule has 0 atom stereocenters. The lowest BCUT2D eigenvalue weighted by Crippen LogP contribution is -2.16. The Morgan fingerprint density at radius 3 is 2.94 bits per heavy atom. The van der Waals surface area contributed by atoms with Crippen LogP contribution >= 0.6 is 22.7 Å². The van der Waals surface area contributed by atoms with Gasteiger partial charge in [0.15, 0.2) is 0 Å². The van der Waals surface area contributed by atoms with Crippen molar-refractivity contribution in [1.29, 1.82) is 0 Å². The number of hydrogen-bond acceptors (Lipinski definition) is 5. The van der Waals surface area contributed by atoms with Crippen LogP contribution in [0.15, 0.2) is 11.6 Å². The van der Waals surface area contributed by atoms with Gasteiger partial charge in [-0.2, -0.15) is 0 Å². The van der Waals surface area contributed by atoms with Crippen LogP contribution in [-0.2, 0) is 19.4 Å².